The van der Waals surface area contributed by atoms with Crippen LogP contribution in [-0.4, -0.2) is 50.0 Å². The van der Waals surface area contributed by atoms with E-state index in [1.807, 2.05) is 18.2 Å². The summed E-state index contributed by atoms with van der Waals surface area (Å²) < 4.78 is 16.7. The van der Waals surface area contributed by atoms with Crippen molar-refractivity contribution in [1.82, 2.24) is 4.90 Å². The number of aliphatic hydroxyl groups excluding tert-OH is 1. The van der Waals surface area contributed by atoms with Crippen molar-refractivity contribution in [2.24, 2.45) is 5.92 Å². The van der Waals surface area contributed by atoms with Crippen LogP contribution < -0.4 is 14.2 Å². The molecule has 0 amide bonds. The topological polar surface area (TPSA) is 51.2 Å². The normalized spacial score (nSPS) is 12.3. The minimum absolute atomic E-state index is 0.217. The third-order valence-electron chi connectivity index (χ3n) is 4.63. The lowest BCUT2D eigenvalue weighted by atomic mass is 10.1. The van der Waals surface area contributed by atoms with Crippen molar-refractivity contribution in [2.45, 2.75) is 32.9 Å². The van der Waals surface area contributed by atoms with E-state index in [1.165, 1.54) is 0 Å². The van der Waals surface area contributed by atoms with Crippen molar-refractivity contribution in [1.29, 1.82) is 0 Å². The first-order chi connectivity index (χ1) is 13.9. The highest BCUT2D eigenvalue weighted by Gasteiger charge is 2.17. The van der Waals surface area contributed by atoms with Crippen LogP contribution in [0.3, 0.4) is 0 Å². The summed E-state index contributed by atoms with van der Waals surface area (Å²) in [6.07, 6.45) is 0.422. The van der Waals surface area contributed by atoms with Gasteiger partial charge in [-0.3, -0.25) is 4.90 Å². The Bertz CT molecular complexity index is 736. The number of rotatable bonds is 12. The average molecular weight is 422 g/mol. The van der Waals surface area contributed by atoms with Crippen LogP contribution in [0.25, 0.3) is 0 Å². The Labute approximate surface area is 179 Å². The quantitative estimate of drug-likeness (QED) is 0.540. The van der Waals surface area contributed by atoms with Crippen LogP contribution in [0.2, 0.25) is 5.02 Å². The van der Waals surface area contributed by atoms with Gasteiger partial charge in [-0.1, -0.05) is 37.6 Å². The highest BCUT2D eigenvalue weighted by atomic mass is 35.5. The van der Waals surface area contributed by atoms with E-state index in [-0.39, 0.29) is 6.61 Å². The Balaban J connectivity index is 2.02. The summed E-state index contributed by atoms with van der Waals surface area (Å²) in [5.74, 6) is 2.71. The first-order valence-electron chi connectivity index (χ1n) is 9.91. The second kappa shape index (κ2) is 11.9. The van der Waals surface area contributed by atoms with Crippen molar-refractivity contribution in [3.63, 3.8) is 0 Å². The number of benzene rings is 2. The van der Waals surface area contributed by atoms with E-state index in [0.29, 0.717) is 35.5 Å². The Kier molecular flexibility index (Phi) is 9.58. The molecule has 0 saturated carbocycles. The van der Waals surface area contributed by atoms with Crippen molar-refractivity contribution in [3.8, 4) is 17.2 Å². The van der Waals surface area contributed by atoms with Gasteiger partial charge in [0, 0.05) is 23.7 Å². The third-order valence-corrected chi connectivity index (χ3v) is 4.88. The molecule has 160 valence electrons. The van der Waals surface area contributed by atoms with Crippen molar-refractivity contribution >= 4 is 11.6 Å². The molecule has 0 heterocycles. The average Bonchev–Trinajstić information content (AvgIpc) is 2.71. The van der Waals surface area contributed by atoms with E-state index in [2.05, 4.69) is 18.7 Å². The van der Waals surface area contributed by atoms with Gasteiger partial charge in [0.15, 0.2) is 11.5 Å². The summed E-state index contributed by atoms with van der Waals surface area (Å²) in [6, 6.07) is 13.0. The Morgan fingerprint density at radius 2 is 1.76 bits per heavy atom. The molecule has 6 heteroatoms. The second-order valence-electron chi connectivity index (χ2n) is 7.49. The molecule has 29 heavy (non-hydrogen) atoms. The van der Waals surface area contributed by atoms with Gasteiger partial charge in [0.25, 0.3) is 0 Å². The summed E-state index contributed by atoms with van der Waals surface area (Å²) in [7, 11) is 3.28. The van der Waals surface area contributed by atoms with E-state index in [0.717, 1.165) is 24.3 Å². The van der Waals surface area contributed by atoms with Crippen molar-refractivity contribution < 1.29 is 19.3 Å². The predicted molar refractivity (Wildman–Crippen MR) is 117 cm³/mol. The maximum Gasteiger partial charge on any atom is 0.165 e. The van der Waals surface area contributed by atoms with Gasteiger partial charge >= 0.3 is 0 Å². The highest BCUT2D eigenvalue weighted by Crippen LogP contribution is 2.31. The Morgan fingerprint density at radius 3 is 2.38 bits per heavy atom. The largest absolute Gasteiger partial charge is 0.493 e. The number of halogens is 1. The molecule has 0 aromatic heterocycles. The van der Waals surface area contributed by atoms with Crippen molar-refractivity contribution in [3.05, 3.63) is 53.1 Å². The van der Waals surface area contributed by atoms with Crippen LogP contribution in [0.4, 0.5) is 0 Å². The molecule has 0 radical (unpaired) electrons. The fourth-order valence-electron chi connectivity index (χ4n) is 3.07. The number of ether oxygens (including phenoxy) is 3. The highest BCUT2D eigenvalue weighted by molar-refractivity contribution is 6.30. The fraction of sp³-hybridized carbons (Fsp3) is 0.478. The van der Waals surface area contributed by atoms with E-state index >= 15 is 0 Å². The number of para-hydroxylation sites is 1. The molecule has 0 unspecified atom stereocenters. The number of aliphatic hydroxyl groups is 1. The Hall–Kier alpha value is -1.95. The maximum absolute atomic E-state index is 10.6. The molecule has 0 aliphatic rings. The molecule has 0 aliphatic heterocycles. The lowest BCUT2D eigenvalue weighted by molar-refractivity contribution is 0.0636. The summed E-state index contributed by atoms with van der Waals surface area (Å²) in [4.78, 5) is 2.23. The summed E-state index contributed by atoms with van der Waals surface area (Å²) in [6.45, 7) is 6.64. The smallest absolute Gasteiger partial charge is 0.165 e. The zero-order valence-electron chi connectivity index (χ0n) is 17.7. The summed E-state index contributed by atoms with van der Waals surface area (Å²) >= 11 is 5.90. The molecule has 0 fully saturated rings. The van der Waals surface area contributed by atoms with Crippen LogP contribution in [0.1, 0.15) is 25.8 Å². The van der Waals surface area contributed by atoms with Crippen molar-refractivity contribution in [2.75, 3.05) is 33.9 Å². The molecule has 1 N–H and O–H groups in total. The lowest BCUT2D eigenvalue weighted by Crippen LogP contribution is -2.36. The number of nitrogens with zero attached hydrogens (tertiary/aromatic N) is 1. The van der Waals surface area contributed by atoms with Gasteiger partial charge in [0.05, 0.1) is 14.2 Å². The van der Waals surface area contributed by atoms with Gasteiger partial charge in [-0.05, 0) is 49.2 Å². The van der Waals surface area contributed by atoms with Crippen LogP contribution in [0, 0.1) is 5.92 Å². The molecular formula is C23H32ClNO4. The zero-order chi connectivity index (χ0) is 21.2. The van der Waals surface area contributed by atoms with Gasteiger partial charge < -0.3 is 19.3 Å². The monoisotopic (exact) mass is 421 g/mol. The molecular weight excluding hydrogens is 390 g/mol. The summed E-state index contributed by atoms with van der Waals surface area (Å²) in [5.41, 5.74) is 1.03. The minimum atomic E-state index is -0.616. The zero-order valence-corrected chi connectivity index (χ0v) is 18.5. The standard InChI is InChI=1S/C23H32ClNO4/c1-17(2)12-13-25(14-18-6-5-7-22(27-3)23(18)28-4)15-20(26)16-29-21-10-8-19(24)9-11-21/h5-11,17,20,26H,12-16H2,1-4H3/t20-/m1/s1. The number of hydrogen-bond donors (Lipinski definition) is 1. The fourth-order valence-corrected chi connectivity index (χ4v) is 3.19. The first-order valence-corrected chi connectivity index (χ1v) is 10.3. The van der Waals surface area contributed by atoms with Gasteiger partial charge in [0.1, 0.15) is 18.5 Å². The molecule has 0 aliphatic carbocycles. The maximum atomic E-state index is 10.6. The van der Waals surface area contributed by atoms with Gasteiger partial charge in [-0.2, -0.15) is 0 Å². The number of hydrogen-bond acceptors (Lipinski definition) is 5. The molecule has 2 rings (SSSR count). The molecule has 1 atom stereocenters. The Morgan fingerprint density at radius 1 is 1.03 bits per heavy atom. The van der Waals surface area contributed by atoms with Crippen LogP contribution in [0.15, 0.2) is 42.5 Å². The molecule has 2 aromatic rings. The van der Waals surface area contributed by atoms with Gasteiger partial charge in [-0.25, -0.2) is 0 Å². The molecule has 5 nitrogen and oxygen atoms in total. The van der Waals surface area contributed by atoms with E-state index in [4.69, 9.17) is 25.8 Å². The molecule has 0 bridgehead atoms. The lowest BCUT2D eigenvalue weighted by Gasteiger charge is -2.27. The van der Waals surface area contributed by atoms with E-state index in [1.54, 1.807) is 38.5 Å². The van der Waals surface area contributed by atoms with Gasteiger partial charge in [-0.15, -0.1) is 0 Å². The molecule has 2 aromatic carbocycles. The van der Waals surface area contributed by atoms with Gasteiger partial charge in [0.2, 0.25) is 0 Å². The van der Waals surface area contributed by atoms with Crippen LogP contribution in [-0.2, 0) is 6.54 Å². The van der Waals surface area contributed by atoms with E-state index < -0.39 is 6.10 Å². The minimum Gasteiger partial charge on any atom is -0.493 e. The van der Waals surface area contributed by atoms with E-state index in [9.17, 15) is 5.11 Å². The second-order valence-corrected chi connectivity index (χ2v) is 7.93. The molecule has 0 saturated heterocycles. The molecule has 0 spiro atoms. The van der Waals surface area contributed by atoms with Crippen LogP contribution in [0.5, 0.6) is 17.2 Å². The number of methoxy groups -OCH3 is 2. The van der Waals surface area contributed by atoms with Crippen LogP contribution >= 0.6 is 11.6 Å². The summed E-state index contributed by atoms with van der Waals surface area (Å²) in [5, 5.41) is 11.2. The third kappa shape index (κ3) is 7.77. The SMILES string of the molecule is COc1cccc(CN(CCC(C)C)C[C@@H](O)COc2ccc(Cl)cc2)c1OC. The first kappa shape index (κ1) is 23.3. The predicted octanol–water partition coefficient (Wildman–Crippen LogP) is 4.65.